The zero-order valence-electron chi connectivity index (χ0n) is 8.38. The minimum Gasteiger partial charge on any atom is -0.307 e. The van der Waals surface area contributed by atoms with E-state index in [1.54, 1.807) is 0 Å². The molecule has 0 aromatic heterocycles. The van der Waals surface area contributed by atoms with Crippen LogP contribution in [0.3, 0.4) is 0 Å². The van der Waals surface area contributed by atoms with Gasteiger partial charge in [-0.25, -0.2) is 0 Å². The van der Waals surface area contributed by atoms with Crippen molar-refractivity contribution in [3.05, 3.63) is 35.4 Å². The van der Waals surface area contributed by atoms with Crippen LogP contribution in [0.5, 0.6) is 0 Å². The first-order chi connectivity index (χ1) is 6.27. The van der Waals surface area contributed by atoms with Crippen molar-refractivity contribution in [2.75, 3.05) is 0 Å². The molecule has 1 N–H and O–H groups in total. The highest BCUT2D eigenvalue weighted by Crippen LogP contribution is 2.27. The first-order valence-electron chi connectivity index (χ1n) is 5.09. The average Bonchev–Trinajstić information content (AvgIpc) is 2.53. The van der Waals surface area contributed by atoms with Gasteiger partial charge < -0.3 is 5.32 Å². The summed E-state index contributed by atoms with van der Waals surface area (Å²) in [6, 6.07) is 9.95. The van der Waals surface area contributed by atoms with Crippen molar-refractivity contribution in [2.45, 2.75) is 38.8 Å². The molecule has 70 valence electrons. The Balaban J connectivity index is 2.21. The van der Waals surface area contributed by atoms with Crippen molar-refractivity contribution in [1.29, 1.82) is 0 Å². The number of hydrogen-bond acceptors (Lipinski definition) is 1. The second-order valence-electron chi connectivity index (χ2n) is 4.05. The predicted molar refractivity (Wildman–Crippen MR) is 55.8 cm³/mol. The Kier molecular flexibility index (Phi) is 2.36. The Hall–Kier alpha value is -0.820. The van der Waals surface area contributed by atoms with E-state index in [0.717, 1.165) is 0 Å². The Morgan fingerprint density at radius 2 is 2.00 bits per heavy atom. The lowest BCUT2D eigenvalue weighted by atomic mass is 10.0. The van der Waals surface area contributed by atoms with Gasteiger partial charge in [-0.3, -0.25) is 0 Å². The molecule has 0 amide bonds. The van der Waals surface area contributed by atoms with Gasteiger partial charge in [-0.2, -0.15) is 0 Å². The average molecular weight is 175 g/mol. The van der Waals surface area contributed by atoms with Gasteiger partial charge in [0.2, 0.25) is 0 Å². The van der Waals surface area contributed by atoms with Gasteiger partial charge in [-0.1, -0.05) is 24.3 Å². The molecule has 2 atom stereocenters. The summed E-state index contributed by atoms with van der Waals surface area (Å²) in [6.45, 7) is 4.46. The summed E-state index contributed by atoms with van der Waals surface area (Å²) in [5, 5.41) is 3.61. The summed E-state index contributed by atoms with van der Waals surface area (Å²) in [7, 11) is 0. The van der Waals surface area contributed by atoms with E-state index in [1.165, 1.54) is 24.0 Å². The molecule has 1 nitrogen and oxygen atoms in total. The van der Waals surface area contributed by atoms with Crippen LogP contribution in [0, 0.1) is 6.92 Å². The molecule has 0 saturated carbocycles. The first kappa shape index (κ1) is 8.76. The predicted octanol–water partition coefficient (Wildman–Crippen LogP) is 2.81. The highest BCUT2D eigenvalue weighted by Gasteiger charge is 2.22. The maximum Gasteiger partial charge on any atom is 0.0325 e. The van der Waals surface area contributed by atoms with Crippen LogP contribution in [0.2, 0.25) is 0 Å². The minimum absolute atomic E-state index is 0.594. The molecule has 1 aliphatic heterocycles. The number of benzene rings is 1. The van der Waals surface area contributed by atoms with E-state index in [4.69, 9.17) is 0 Å². The van der Waals surface area contributed by atoms with Gasteiger partial charge in [0, 0.05) is 12.1 Å². The molecule has 1 heterocycles. The summed E-state index contributed by atoms with van der Waals surface area (Å²) in [4.78, 5) is 0. The Bertz CT molecular complexity index is 293. The largest absolute Gasteiger partial charge is 0.307 e. The number of aryl methyl sites for hydroxylation is 1. The topological polar surface area (TPSA) is 12.0 Å². The second-order valence-corrected chi connectivity index (χ2v) is 4.05. The molecule has 0 bridgehead atoms. The Morgan fingerprint density at radius 3 is 2.62 bits per heavy atom. The van der Waals surface area contributed by atoms with Crippen molar-refractivity contribution in [1.82, 2.24) is 5.32 Å². The molecule has 0 radical (unpaired) electrons. The number of rotatable bonds is 1. The van der Waals surface area contributed by atoms with Crippen LogP contribution in [-0.2, 0) is 0 Å². The maximum absolute atomic E-state index is 3.61. The third-order valence-electron chi connectivity index (χ3n) is 2.94. The Morgan fingerprint density at radius 1 is 1.23 bits per heavy atom. The minimum atomic E-state index is 0.594. The van der Waals surface area contributed by atoms with E-state index in [-0.39, 0.29) is 0 Å². The quantitative estimate of drug-likeness (QED) is 0.692. The highest BCUT2D eigenvalue weighted by atomic mass is 15.0. The highest BCUT2D eigenvalue weighted by molar-refractivity contribution is 5.29. The van der Waals surface area contributed by atoms with Gasteiger partial charge >= 0.3 is 0 Å². The number of nitrogens with one attached hydrogen (secondary N) is 1. The molecular weight excluding hydrogens is 158 g/mol. The molecule has 1 saturated heterocycles. The fourth-order valence-corrected chi connectivity index (χ4v) is 2.15. The molecule has 2 rings (SSSR count). The SMILES string of the molecule is Cc1ccccc1C1CCC(C)N1. The maximum atomic E-state index is 3.61. The molecular formula is C12H17N. The third-order valence-corrected chi connectivity index (χ3v) is 2.94. The lowest BCUT2D eigenvalue weighted by Crippen LogP contribution is -2.21. The van der Waals surface area contributed by atoms with Crippen molar-refractivity contribution in [3.63, 3.8) is 0 Å². The fraction of sp³-hybridized carbons (Fsp3) is 0.500. The standard InChI is InChI=1S/C12H17N/c1-9-5-3-4-6-11(9)12-8-7-10(2)13-12/h3-6,10,12-13H,7-8H2,1-2H3. The molecule has 1 heteroatoms. The molecule has 1 aromatic rings. The van der Waals surface area contributed by atoms with E-state index >= 15 is 0 Å². The molecule has 13 heavy (non-hydrogen) atoms. The van der Waals surface area contributed by atoms with Crippen LogP contribution in [0.1, 0.15) is 36.9 Å². The molecule has 0 spiro atoms. The van der Waals surface area contributed by atoms with E-state index in [1.807, 2.05) is 0 Å². The van der Waals surface area contributed by atoms with Crippen LogP contribution >= 0.6 is 0 Å². The molecule has 1 fully saturated rings. The van der Waals surface area contributed by atoms with E-state index < -0.39 is 0 Å². The van der Waals surface area contributed by atoms with Gasteiger partial charge in [0.1, 0.15) is 0 Å². The van der Waals surface area contributed by atoms with Crippen molar-refractivity contribution < 1.29 is 0 Å². The monoisotopic (exact) mass is 175 g/mol. The van der Waals surface area contributed by atoms with Crippen molar-refractivity contribution >= 4 is 0 Å². The van der Waals surface area contributed by atoms with E-state index in [2.05, 4.69) is 43.4 Å². The second kappa shape index (κ2) is 3.51. The van der Waals surface area contributed by atoms with Crippen LogP contribution < -0.4 is 5.32 Å². The van der Waals surface area contributed by atoms with Crippen molar-refractivity contribution in [3.8, 4) is 0 Å². The van der Waals surface area contributed by atoms with Crippen molar-refractivity contribution in [2.24, 2.45) is 0 Å². The van der Waals surface area contributed by atoms with Gasteiger partial charge in [0.15, 0.2) is 0 Å². The normalized spacial score (nSPS) is 27.8. The van der Waals surface area contributed by atoms with Gasteiger partial charge in [-0.15, -0.1) is 0 Å². The molecule has 0 aliphatic carbocycles. The first-order valence-corrected chi connectivity index (χ1v) is 5.09. The number of hydrogen-bond donors (Lipinski definition) is 1. The lowest BCUT2D eigenvalue weighted by molar-refractivity contribution is 0.583. The summed E-state index contributed by atoms with van der Waals surface area (Å²) in [5.74, 6) is 0. The Labute approximate surface area is 80.2 Å². The third kappa shape index (κ3) is 1.75. The summed E-state index contributed by atoms with van der Waals surface area (Å²) < 4.78 is 0. The molecule has 1 aromatic carbocycles. The summed E-state index contributed by atoms with van der Waals surface area (Å²) in [5.41, 5.74) is 2.89. The lowest BCUT2D eigenvalue weighted by Gasteiger charge is -2.14. The van der Waals surface area contributed by atoms with Crippen LogP contribution in [0.4, 0.5) is 0 Å². The van der Waals surface area contributed by atoms with Gasteiger partial charge in [0.25, 0.3) is 0 Å². The van der Waals surface area contributed by atoms with Crippen LogP contribution in [0.25, 0.3) is 0 Å². The van der Waals surface area contributed by atoms with Gasteiger partial charge in [-0.05, 0) is 37.8 Å². The zero-order valence-corrected chi connectivity index (χ0v) is 8.38. The smallest absolute Gasteiger partial charge is 0.0325 e. The van der Waals surface area contributed by atoms with E-state index in [0.29, 0.717) is 12.1 Å². The van der Waals surface area contributed by atoms with Crippen LogP contribution in [-0.4, -0.2) is 6.04 Å². The molecule has 1 aliphatic rings. The van der Waals surface area contributed by atoms with E-state index in [9.17, 15) is 0 Å². The zero-order chi connectivity index (χ0) is 9.26. The fourth-order valence-electron chi connectivity index (χ4n) is 2.15. The van der Waals surface area contributed by atoms with Crippen LogP contribution in [0.15, 0.2) is 24.3 Å². The summed E-state index contributed by atoms with van der Waals surface area (Å²) in [6.07, 6.45) is 2.59. The van der Waals surface area contributed by atoms with Gasteiger partial charge in [0.05, 0.1) is 0 Å². The summed E-state index contributed by atoms with van der Waals surface area (Å²) >= 11 is 0. The molecule has 2 unspecified atom stereocenters.